The molecule has 0 saturated heterocycles. The van der Waals surface area contributed by atoms with Crippen molar-refractivity contribution >= 4 is 0 Å². The summed E-state index contributed by atoms with van der Waals surface area (Å²) in [7, 11) is 1.75. The Balaban J connectivity index is 2.15. The van der Waals surface area contributed by atoms with Crippen LogP contribution in [-0.4, -0.2) is 32.1 Å². The van der Waals surface area contributed by atoms with Crippen molar-refractivity contribution in [2.75, 3.05) is 6.54 Å². The standard InChI is InChI=1S/C15H26N4O2/c1-10(2)5-4-6-19-15(21)18(3)14(17-19)11-7-12(9-16)13(20)8-11/h5,11-13,20H,4,6-9,16H2,1-3H3/t11-,12+,13+/m0/s1. The summed E-state index contributed by atoms with van der Waals surface area (Å²) in [5.74, 6) is 1.00. The average Bonchev–Trinajstić information content (AvgIpc) is 2.93. The summed E-state index contributed by atoms with van der Waals surface area (Å²) < 4.78 is 3.13. The van der Waals surface area contributed by atoms with Crippen LogP contribution in [0.5, 0.6) is 0 Å². The van der Waals surface area contributed by atoms with Gasteiger partial charge in [0.1, 0.15) is 5.82 Å². The van der Waals surface area contributed by atoms with E-state index in [9.17, 15) is 9.90 Å². The van der Waals surface area contributed by atoms with Gasteiger partial charge in [-0.2, -0.15) is 5.10 Å². The largest absolute Gasteiger partial charge is 0.393 e. The van der Waals surface area contributed by atoms with Crippen molar-refractivity contribution in [3.8, 4) is 0 Å². The van der Waals surface area contributed by atoms with Crippen molar-refractivity contribution in [1.82, 2.24) is 14.3 Å². The minimum Gasteiger partial charge on any atom is -0.393 e. The van der Waals surface area contributed by atoms with Crippen molar-refractivity contribution in [2.24, 2.45) is 18.7 Å². The minimum absolute atomic E-state index is 0.0853. The zero-order valence-electron chi connectivity index (χ0n) is 13.1. The number of hydrogen-bond acceptors (Lipinski definition) is 4. The molecular weight excluding hydrogens is 268 g/mol. The van der Waals surface area contributed by atoms with Gasteiger partial charge in [-0.05, 0) is 45.6 Å². The molecule has 0 aromatic carbocycles. The molecule has 1 aliphatic carbocycles. The molecule has 0 bridgehead atoms. The van der Waals surface area contributed by atoms with Gasteiger partial charge < -0.3 is 10.8 Å². The molecule has 0 spiro atoms. The summed E-state index contributed by atoms with van der Waals surface area (Å²) in [6, 6.07) is 0. The maximum absolute atomic E-state index is 12.2. The Morgan fingerprint density at radius 3 is 2.76 bits per heavy atom. The van der Waals surface area contributed by atoms with Gasteiger partial charge in [0.2, 0.25) is 0 Å². The van der Waals surface area contributed by atoms with Crippen LogP contribution < -0.4 is 11.4 Å². The minimum atomic E-state index is -0.383. The van der Waals surface area contributed by atoms with Gasteiger partial charge in [-0.1, -0.05) is 11.6 Å². The number of allylic oxidation sites excluding steroid dienone is 2. The fraction of sp³-hybridized carbons (Fsp3) is 0.733. The first-order valence-corrected chi connectivity index (χ1v) is 7.59. The number of aliphatic hydroxyl groups is 1. The third-order valence-electron chi connectivity index (χ3n) is 4.29. The molecule has 3 atom stereocenters. The Kier molecular flexibility index (Phi) is 5.00. The molecule has 0 amide bonds. The SMILES string of the molecule is CC(C)=CCCn1nc([C@H]2C[C@H](CN)[C@H](O)C2)n(C)c1=O. The zero-order chi connectivity index (χ0) is 15.6. The van der Waals surface area contributed by atoms with Crippen LogP contribution in [0.3, 0.4) is 0 Å². The van der Waals surface area contributed by atoms with Gasteiger partial charge >= 0.3 is 5.69 Å². The molecule has 118 valence electrons. The van der Waals surface area contributed by atoms with E-state index in [4.69, 9.17) is 5.73 Å². The maximum Gasteiger partial charge on any atom is 0.345 e. The van der Waals surface area contributed by atoms with E-state index in [0.29, 0.717) is 19.5 Å². The van der Waals surface area contributed by atoms with Gasteiger partial charge in [0.25, 0.3) is 0 Å². The van der Waals surface area contributed by atoms with Gasteiger partial charge in [-0.25, -0.2) is 9.48 Å². The van der Waals surface area contributed by atoms with Crippen molar-refractivity contribution in [2.45, 2.75) is 51.7 Å². The fourth-order valence-corrected chi connectivity index (χ4v) is 3.05. The number of aliphatic hydroxyl groups excluding tert-OH is 1. The van der Waals surface area contributed by atoms with Crippen LogP contribution in [0.1, 0.15) is 44.9 Å². The van der Waals surface area contributed by atoms with Crippen LogP contribution in [0.2, 0.25) is 0 Å². The lowest BCUT2D eigenvalue weighted by Gasteiger charge is -2.09. The van der Waals surface area contributed by atoms with E-state index >= 15 is 0 Å². The summed E-state index contributed by atoms with van der Waals surface area (Å²) >= 11 is 0. The first-order valence-electron chi connectivity index (χ1n) is 7.59. The lowest BCUT2D eigenvalue weighted by Crippen LogP contribution is -2.23. The predicted octanol–water partition coefficient (Wildman–Crippen LogP) is 0.751. The van der Waals surface area contributed by atoms with Gasteiger partial charge in [0.15, 0.2) is 0 Å². The molecule has 6 heteroatoms. The Morgan fingerprint density at radius 1 is 1.48 bits per heavy atom. The number of nitrogens with zero attached hydrogens (tertiary/aromatic N) is 3. The Labute approximate surface area is 125 Å². The second kappa shape index (κ2) is 6.58. The second-order valence-electron chi connectivity index (χ2n) is 6.22. The molecule has 0 radical (unpaired) electrons. The number of aromatic nitrogens is 3. The molecular formula is C15H26N4O2. The Bertz CT molecular complexity index is 569. The van der Waals surface area contributed by atoms with Gasteiger partial charge in [-0.3, -0.25) is 4.57 Å². The molecule has 2 rings (SSSR count). The van der Waals surface area contributed by atoms with Crippen molar-refractivity contribution in [1.29, 1.82) is 0 Å². The topological polar surface area (TPSA) is 86.1 Å². The number of rotatable bonds is 5. The van der Waals surface area contributed by atoms with Crippen LogP contribution in [0.15, 0.2) is 16.4 Å². The highest BCUT2D eigenvalue weighted by Crippen LogP contribution is 2.36. The monoisotopic (exact) mass is 294 g/mol. The van der Waals surface area contributed by atoms with Crippen LogP contribution in [-0.2, 0) is 13.6 Å². The maximum atomic E-state index is 12.2. The molecule has 1 fully saturated rings. The third kappa shape index (κ3) is 3.44. The molecule has 6 nitrogen and oxygen atoms in total. The molecule has 21 heavy (non-hydrogen) atoms. The van der Waals surface area contributed by atoms with Crippen LogP contribution in [0.25, 0.3) is 0 Å². The van der Waals surface area contributed by atoms with Crippen LogP contribution in [0, 0.1) is 5.92 Å². The summed E-state index contributed by atoms with van der Waals surface area (Å²) in [5, 5.41) is 14.5. The normalized spacial score (nSPS) is 25.3. The summed E-state index contributed by atoms with van der Waals surface area (Å²) in [6.07, 6.45) is 3.96. The molecule has 1 saturated carbocycles. The van der Waals surface area contributed by atoms with Crippen LogP contribution in [0.4, 0.5) is 0 Å². The van der Waals surface area contributed by atoms with E-state index < -0.39 is 0 Å². The quantitative estimate of drug-likeness (QED) is 0.785. The highest BCUT2D eigenvalue weighted by molar-refractivity contribution is 5.04. The van der Waals surface area contributed by atoms with E-state index in [-0.39, 0.29) is 23.6 Å². The summed E-state index contributed by atoms with van der Waals surface area (Å²) in [4.78, 5) is 12.2. The highest BCUT2D eigenvalue weighted by atomic mass is 16.3. The van der Waals surface area contributed by atoms with E-state index in [1.54, 1.807) is 11.6 Å². The van der Waals surface area contributed by atoms with Gasteiger partial charge in [-0.15, -0.1) is 0 Å². The summed E-state index contributed by atoms with van der Waals surface area (Å²) in [6.45, 7) is 5.15. The smallest absolute Gasteiger partial charge is 0.345 e. The third-order valence-corrected chi connectivity index (χ3v) is 4.29. The first kappa shape index (κ1) is 16.0. The highest BCUT2D eigenvalue weighted by Gasteiger charge is 2.35. The van der Waals surface area contributed by atoms with E-state index in [1.807, 2.05) is 13.8 Å². The average molecular weight is 294 g/mol. The molecule has 0 aliphatic heterocycles. The molecule has 1 aliphatic rings. The van der Waals surface area contributed by atoms with Gasteiger partial charge in [0, 0.05) is 19.5 Å². The van der Waals surface area contributed by atoms with Crippen molar-refractivity contribution in [3.05, 3.63) is 28.0 Å². The predicted molar refractivity (Wildman–Crippen MR) is 82.0 cm³/mol. The fourth-order valence-electron chi connectivity index (χ4n) is 3.05. The Morgan fingerprint density at radius 2 is 2.19 bits per heavy atom. The van der Waals surface area contributed by atoms with E-state index in [1.165, 1.54) is 10.3 Å². The molecule has 0 unspecified atom stereocenters. The lowest BCUT2D eigenvalue weighted by atomic mass is 10.0. The molecule has 1 aromatic rings. The van der Waals surface area contributed by atoms with Crippen molar-refractivity contribution < 1.29 is 5.11 Å². The Hall–Kier alpha value is -1.40. The van der Waals surface area contributed by atoms with Crippen LogP contribution >= 0.6 is 0 Å². The van der Waals surface area contributed by atoms with E-state index in [0.717, 1.165) is 18.7 Å². The van der Waals surface area contributed by atoms with E-state index in [2.05, 4.69) is 11.2 Å². The number of nitrogens with two attached hydrogens (primary N) is 1. The first-order chi connectivity index (χ1) is 9.93. The zero-order valence-corrected chi connectivity index (χ0v) is 13.1. The molecule has 3 N–H and O–H groups in total. The lowest BCUT2D eigenvalue weighted by molar-refractivity contribution is 0.136. The number of hydrogen-bond donors (Lipinski definition) is 2. The molecule has 1 heterocycles. The number of aryl methyl sites for hydroxylation is 1. The van der Waals surface area contributed by atoms with Gasteiger partial charge in [0.05, 0.1) is 6.10 Å². The van der Waals surface area contributed by atoms with Crippen molar-refractivity contribution in [3.63, 3.8) is 0 Å². The molecule has 1 aromatic heterocycles. The second-order valence-corrected chi connectivity index (χ2v) is 6.22. The summed E-state index contributed by atoms with van der Waals surface area (Å²) in [5.41, 5.74) is 6.83.